The maximum Gasteiger partial charge on any atom is 3.00 e. The summed E-state index contributed by atoms with van der Waals surface area (Å²) in [4.78, 5) is 34.5. The van der Waals surface area contributed by atoms with Gasteiger partial charge in [0.05, 0.1) is 22.8 Å². The summed E-state index contributed by atoms with van der Waals surface area (Å²) in [5, 5.41) is 0. The van der Waals surface area contributed by atoms with Crippen molar-refractivity contribution in [3.05, 3.63) is 324 Å². The van der Waals surface area contributed by atoms with Crippen LogP contribution in [0.2, 0.25) is 0 Å². The molecule has 0 spiro atoms. The number of allylic oxidation sites excluding steroid dienone is 10. The second-order valence-electron chi connectivity index (χ2n) is 24.7. The molecule has 6 aromatic rings. The molecule has 6 aliphatic rings. The van der Waals surface area contributed by atoms with Crippen molar-refractivity contribution in [2.45, 2.75) is 209 Å². The Kier molecular flexibility index (Phi) is 61.8. The molecule has 0 aromatic carbocycles. The summed E-state index contributed by atoms with van der Waals surface area (Å²) in [6, 6.07) is 12.6. The van der Waals surface area contributed by atoms with Gasteiger partial charge >= 0.3 is 196 Å². The quantitative estimate of drug-likeness (QED) is 0.0784. The van der Waals surface area contributed by atoms with Crippen molar-refractivity contribution in [2.75, 3.05) is 0 Å². The summed E-state index contributed by atoms with van der Waals surface area (Å²) in [6.07, 6.45) is 48.0. The largest absolute Gasteiger partial charge is 3.00 e. The van der Waals surface area contributed by atoms with Crippen molar-refractivity contribution in [2.24, 2.45) is 0 Å². The fourth-order valence-electron chi connectivity index (χ4n) is 14.4. The molecule has 0 aliphatic heterocycles. The van der Waals surface area contributed by atoms with Crippen LogP contribution in [-0.2, 0) is 229 Å². The van der Waals surface area contributed by atoms with Crippen LogP contribution in [0.15, 0.2) is 129 Å². The molecular formula is C89H124N8Y6. The third-order valence-corrected chi connectivity index (χ3v) is 20.6. The molecule has 0 saturated heterocycles. The second kappa shape index (κ2) is 54.7. The minimum Gasteiger partial charge on any atom is -0.358 e. The molecule has 6 aliphatic carbocycles. The number of aromatic nitrogens is 8. The van der Waals surface area contributed by atoms with Crippen molar-refractivity contribution >= 4 is 27.9 Å². The van der Waals surface area contributed by atoms with Crippen molar-refractivity contribution in [1.29, 1.82) is 0 Å². The SMILES string of the molecule is C.[CH2-]CC1(C[CH2-])C=C(CC)c2cccnc21.[CH2-]CC1(C[CH2-])C=C(CC)c2cnccc21.[CH2-]CC1(C[CH2-])C=C(CC)c2cncnc21.[CH2-]CC1(C[CH2-])C=C(CC)c2ncccc21.[CH2-]CC1(C[CH2-])C=C(CC)c2ncncc21.[CH2-]CC1(C[CH2-])CC(CC)c2ccncc21.[CH3-].[CH3-].[CH3-].[CH3-].[CH3-].[CH3-].[Y+3].[Y+3].[Y+3].[Y+3].[Y+3].[Y+3]. The molecule has 6 heterocycles. The van der Waals surface area contributed by atoms with E-state index in [2.05, 4.69) is 219 Å². The van der Waals surface area contributed by atoms with E-state index in [0.717, 1.165) is 126 Å². The number of rotatable bonds is 18. The average Bonchev–Trinajstić information content (AvgIpc) is 1.68. The standard InChI is InChI=1S/C14H17N.C14H19N.2C14H17N.2C13H16N2.CH4.6CH3.6Y/c1-4-11-9-14(5-2,6-3)13-7-8-15-10-12(11)13;1-4-11-9-14(5-2,6-3)13-10-15-8-7-12(11)13;1-4-11-10-14(5-2,6-3)12-8-7-9-15-13(11)12;1-4-11-10-14(5-2,6-3)13-12(11)8-7-9-15-13;1-4-10-7-13(5-2,6-3)11-8-14-9-15-12(10)11;1-4-10-7-13(5-2,6-3)12-11(10)8-14-9-15-12;;;;;;;;;;;;;/h7-10H,2-6H2,1H3;7-8,10-11H,2-6,9H2,1H3;2*7-10H,2-6H2,1H3;2*7-9H,2-6H2,1H3;1H4;6*1H3;;;;;;/q6*-2;;6*-1;6*+3. The topological polar surface area (TPSA) is 103 Å². The van der Waals surface area contributed by atoms with Crippen LogP contribution in [0.1, 0.15) is 244 Å². The number of hydrogen-bond acceptors (Lipinski definition) is 8. The van der Waals surface area contributed by atoms with E-state index < -0.39 is 0 Å². The van der Waals surface area contributed by atoms with Gasteiger partial charge in [0.15, 0.2) is 0 Å². The zero-order chi connectivity index (χ0) is 65.3. The van der Waals surface area contributed by atoms with E-state index in [1.165, 1.54) is 90.9 Å². The Hall–Kier alpha value is 0.0834. The van der Waals surface area contributed by atoms with E-state index in [-0.39, 0.29) is 281 Å². The minimum atomic E-state index is -0.0520. The predicted molar refractivity (Wildman–Crippen MR) is 425 cm³/mol. The monoisotopic (exact) mass is 1840 g/mol. The maximum atomic E-state index is 4.52. The molecule has 1 atom stereocenters. The average molecular weight is 1840 g/mol. The van der Waals surface area contributed by atoms with Crippen LogP contribution in [0.25, 0.3) is 27.9 Å². The molecule has 8 nitrogen and oxygen atoms in total. The maximum absolute atomic E-state index is 4.52. The molecule has 0 radical (unpaired) electrons. The Bertz CT molecular complexity index is 3030. The smallest absolute Gasteiger partial charge is 0.358 e. The fraction of sp³-hybridized carbons (Fsp3) is 0.371. The molecule has 0 fully saturated rings. The van der Waals surface area contributed by atoms with Gasteiger partial charge in [-0.3, -0.25) is 19.9 Å². The molecule has 0 saturated carbocycles. The Morgan fingerprint density at radius 2 is 0.709 bits per heavy atom. The predicted octanol–water partition coefficient (Wildman–Crippen LogP) is 23.7. The van der Waals surface area contributed by atoms with Crippen molar-refractivity contribution < 1.29 is 196 Å². The van der Waals surface area contributed by atoms with Gasteiger partial charge in [0.25, 0.3) is 0 Å². The van der Waals surface area contributed by atoms with Crippen LogP contribution in [0.5, 0.6) is 0 Å². The van der Waals surface area contributed by atoms with Crippen LogP contribution in [0, 0.1) is 128 Å². The minimum absolute atomic E-state index is 0. The number of nitrogens with zero attached hydrogens (tertiary/aromatic N) is 8. The first kappa shape index (κ1) is 116. The molecule has 1 unspecified atom stereocenters. The van der Waals surface area contributed by atoms with Crippen LogP contribution in [-0.4, -0.2) is 39.9 Å². The van der Waals surface area contributed by atoms with E-state index in [1.807, 2.05) is 61.7 Å². The molecule has 538 valence electrons. The normalized spacial score (nSPS) is 16.0. The van der Waals surface area contributed by atoms with Gasteiger partial charge < -0.3 is 128 Å². The summed E-state index contributed by atoms with van der Waals surface area (Å²) < 4.78 is 0. The molecule has 103 heavy (non-hydrogen) atoms. The second-order valence-corrected chi connectivity index (χ2v) is 24.7. The molecule has 14 heteroatoms. The molecule has 0 amide bonds. The van der Waals surface area contributed by atoms with Crippen LogP contribution in [0.3, 0.4) is 0 Å². The van der Waals surface area contributed by atoms with Gasteiger partial charge in [-0.2, -0.15) is 77.0 Å². The number of fused-ring (bicyclic) bond motifs is 6. The third kappa shape index (κ3) is 24.6. The van der Waals surface area contributed by atoms with E-state index in [1.54, 1.807) is 12.7 Å². The van der Waals surface area contributed by atoms with E-state index in [0.29, 0.717) is 5.92 Å². The summed E-state index contributed by atoms with van der Waals surface area (Å²) in [7, 11) is 0. The van der Waals surface area contributed by atoms with Gasteiger partial charge in [-0.1, -0.05) is 96.9 Å². The van der Waals surface area contributed by atoms with Crippen molar-refractivity contribution in [1.82, 2.24) is 39.9 Å². The molecule has 0 N–H and O–H groups in total. The molecular weight excluding hydrogens is 1710 g/mol. The summed E-state index contributed by atoms with van der Waals surface area (Å²) in [5.74, 6) is 0.687. The van der Waals surface area contributed by atoms with Crippen LogP contribution < -0.4 is 0 Å². The van der Waals surface area contributed by atoms with E-state index in [9.17, 15) is 0 Å². The molecule has 12 rings (SSSR count). The van der Waals surface area contributed by atoms with Gasteiger partial charge in [0.1, 0.15) is 12.7 Å². The first-order valence-electron chi connectivity index (χ1n) is 33.2. The fourth-order valence-corrected chi connectivity index (χ4v) is 14.4. The van der Waals surface area contributed by atoms with Crippen molar-refractivity contribution in [3.8, 4) is 0 Å². The van der Waals surface area contributed by atoms with E-state index >= 15 is 0 Å². The van der Waals surface area contributed by atoms with Crippen molar-refractivity contribution in [3.63, 3.8) is 0 Å². The van der Waals surface area contributed by atoms with Crippen LogP contribution in [0.4, 0.5) is 0 Å². The zero-order valence-corrected chi connectivity index (χ0v) is 82.2. The summed E-state index contributed by atoms with van der Waals surface area (Å²) in [5.41, 5.74) is 22.1. The summed E-state index contributed by atoms with van der Waals surface area (Å²) >= 11 is 0. The molecule has 0 bridgehead atoms. The first-order chi connectivity index (χ1) is 43.6. The number of pyridine rings is 4. The Balaban J connectivity index is -0.000000209. The first-order valence-corrected chi connectivity index (χ1v) is 33.2. The Morgan fingerprint density at radius 1 is 0.340 bits per heavy atom. The third-order valence-electron chi connectivity index (χ3n) is 20.6. The molecule has 6 aromatic heterocycles. The van der Waals surface area contributed by atoms with Gasteiger partial charge in [-0.25, -0.2) is 19.9 Å². The van der Waals surface area contributed by atoms with Gasteiger partial charge in [0, 0.05) is 60.7 Å². The van der Waals surface area contributed by atoms with Crippen LogP contribution >= 0.6 is 0 Å². The van der Waals surface area contributed by atoms with Gasteiger partial charge in [-0.05, 0) is 163 Å². The van der Waals surface area contributed by atoms with Gasteiger partial charge in [0.2, 0.25) is 0 Å². The Labute approximate surface area is 786 Å². The van der Waals surface area contributed by atoms with Gasteiger partial charge in [-0.15, -0.1) is 0 Å². The Morgan fingerprint density at radius 3 is 1.19 bits per heavy atom. The number of hydrogen-bond donors (Lipinski definition) is 0. The zero-order valence-electron chi connectivity index (χ0n) is 65.2. The van der Waals surface area contributed by atoms with E-state index in [4.69, 9.17) is 0 Å². The summed E-state index contributed by atoms with van der Waals surface area (Å²) in [6.45, 7) is 61.9.